The number of hydrogen-bond acceptors (Lipinski definition) is 2. The van der Waals surface area contributed by atoms with E-state index in [1.54, 1.807) is 42.5 Å². The largest absolute Gasteiger partial charge is 0.478 e. The van der Waals surface area contributed by atoms with Gasteiger partial charge < -0.3 is 5.11 Å². The van der Waals surface area contributed by atoms with E-state index in [0.29, 0.717) is 19.8 Å². The van der Waals surface area contributed by atoms with Crippen molar-refractivity contribution in [2.45, 2.75) is 0 Å². The number of halogens is 2. The van der Waals surface area contributed by atoms with Gasteiger partial charge in [0.15, 0.2) is 0 Å². The maximum atomic E-state index is 11.3. The average Bonchev–Trinajstić information content (AvgIpc) is 2.74. The molecular weight excluding hydrogens is 291 g/mol. The van der Waals surface area contributed by atoms with Crippen LogP contribution in [0.15, 0.2) is 36.4 Å². The average molecular weight is 299 g/mol. The highest BCUT2D eigenvalue weighted by Gasteiger charge is 2.13. The van der Waals surface area contributed by atoms with Gasteiger partial charge in [0.05, 0.1) is 9.91 Å². The van der Waals surface area contributed by atoms with Crippen LogP contribution in [-0.4, -0.2) is 11.1 Å². The predicted molar refractivity (Wildman–Crippen MR) is 76.3 cm³/mol. The number of carboxylic acids is 1. The standard InChI is InChI=1S/C13H8Cl2O2S/c14-10-4-2-1-3-8(10)7-9(13(16)17)11-5-6-12(15)18-11/h1-7H,(H,16,17)/b9-7-. The third kappa shape index (κ3) is 2.93. The van der Waals surface area contributed by atoms with Crippen molar-refractivity contribution >= 4 is 52.2 Å². The topological polar surface area (TPSA) is 37.3 Å². The zero-order chi connectivity index (χ0) is 13.1. The Morgan fingerprint density at radius 1 is 1.17 bits per heavy atom. The molecule has 0 unspecified atom stereocenters. The Morgan fingerprint density at radius 3 is 2.44 bits per heavy atom. The van der Waals surface area contributed by atoms with Crippen LogP contribution in [0.25, 0.3) is 11.6 Å². The van der Waals surface area contributed by atoms with Gasteiger partial charge in [-0.15, -0.1) is 11.3 Å². The third-order valence-corrected chi connectivity index (χ3v) is 3.88. The fourth-order valence-electron chi connectivity index (χ4n) is 1.44. The molecule has 0 atom stereocenters. The first kappa shape index (κ1) is 13.1. The van der Waals surface area contributed by atoms with Gasteiger partial charge in [-0.3, -0.25) is 0 Å². The summed E-state index contributed by atoms with van der Waals surface area (Å²) in [6.07, 6.45) is 1.55. The second-order valence-electron chi connectivity index (χ2n) is 3.49. The lowest BCUT2D eigenvalue weighted by Gasteiger charge is -2.01. The highest BCUT2D eigenvalue weighted by atomic mass is 35.5. The van der Waals surface area contributed by atoms with E-state index in [1.807, 2.05) is 0 Å². The number of hydrogen-bond donors (Lipinski definition) is 1. The Balaban J connectivity index is 2.49. The monoisotopic (exact) mass is 298 g/mol. The van der Waals surface area contributed by atoms with Gasteiger partial charge in [0.25, 0.3) is 0 Å². The molecule has 0 aliphatic heterocycles. The van der Waals surface area contributed by atoms with Gasteiger partial charge in [0, 0.05) is 9.90 Å². The van der Waals surface area contributed by atoms with E-state index in [0.717, 1.165) is 0 Å². The fraction of sp³-hybridized carbons (Fsp3) is 0. The van der Waals surface area contributed by atoms with E-state index < -0.39 is 5.97 Å². The minimum absolute atomic E-state index is 0.181. The minimum atomic E-state index is -1.01. The third-order valence-electron chi connectivity index (χ3n) is 2.27. The van der Waals surface area contributed by atoms with Crippen LogP contribution in [0.4, 0.5) is 0 Å². The number of carbonyl (C=O) groups is 1. The van der Waals surface area contributed by atoms with Crippen molar-refractivity contribution < 1.29 is 9.90 Å². The molecule has 2 nitrogen and oxygen atoms in total. The molecule has 0 spiro atoms. The second kappa shape index (κ2) is 5.57. The first-order valence-corrected chi connectivity index (χ1v) is 6.60. The van der Waals surface area contributed by atoms with Gasteiger partial charge in [-0.25, -0.2) is 4.79 Å². The molecule has 0 aliphatic carbocycles. The van der Waals surface area contributed by atoms with Crippen molar-refractivity contribution in [2.24, 2.45) is 0 Å². The molecule has 1 aromatic heterocycles. The molecule has 5 heteroatoms. The molecule has 92 valence electrons. The zero-order valence-electron chi connectivity index (χ0n) is 9.06. The number of carboxylic acid groups (broad SMARTS) is 1. The molecule has 0 amide bonds. The summed E-state index contributed by atoms with van der Waals surface area (Å²) in [5.74, 6) is -1.01. The van der Waals surface area contributed by atoms with Crippen LogP contribution < -0.4 is 0 Å². The van der Waals surface area contributed by atoms with Gasteiger partial charge in [-0.05, 0) is 29.8 Å². The Bertz CT molecular complexity index is 617. The Kier molecular flexibility index (Phi) is 4.07. The summed E-state index contributed by atoms with van der Waals surface area (Å²) in [4.78, 5) is 11.9. The summed E-state index contributed by atoms with van der Waals surface area (Å²) in [7, 11) is 0. The summed E-state index contributed by atoms with van der Waals surface area (Å²) >= 11 is 13.0. The van der Waals surface area contributed by atoms with Gasteiger partial charge >= 0.3 is 5.97 Å². The summed E-state index contributed by atoms with van der Waals surface area (Å²) in [6, 6.07) is 10.4. The maximum Gasteiger partial charge on any atom is 0.337 e. The van der Waals surface area contributed by atoms with Crippen LogP contribution in [-0.2, 0) is 4.79 Å². The van der Waals surface area contributed by atoms with Crippen LogP contribution in [0.1, 0.15) is 10.4 Å². The molecule has 0 aliphatic rings. The zero-order valence-corrected chi connectivity index (χ0v) is 11.4. The maximum absolute atomic E-state index is 11.3. The molecule has 0 radical (unpaired) electrons. The van der Waals surface area contributed by atoms with Gasteiger partial charge in [-0.1, -0.05) is 41.4 Å². The van der Waals surface area contributed by atoms with Crippen molar-refractivity contribution in [2.75, 3.05) is 0 Å². The van der Waals surface area contributed by atoms with Crippen molar-refractivity contribution in [3.63, 3.8) is 0 Å². The van der Waals surface area contributed by atoms with Gasteiger partial charge in [0.2, 0.25) is 0 Å². The summed E-state index contributed by atoms with van der Waals surface area (Å²) in [6.45, 7) is 0. The Morgan fingerprint density at radius 2 is 1.89 bits per heavy atom. The fourth-order valence-corrected chi connectivity index (χ4v) is 2.69. The lowest BCUT2D eigenvalue weighted by atomic mass is 10.1. The molecule has 1 heterocycles. The first-order valence-electron chi connectivity index (χ1n) is 5.03. The quantitative estimate of drug-likeness (QED) is 0.835. The van der Waals surface area contributed by atoms with Crippen molar-refractivity contribution in [3.05, 3.63) is 56.2 Å². The molecule has 0 fully saturated rings. The van der Waals surface area contributed by atoms with Crippen molar-refractivity contribution in [1.29, 1.82) is 0 Å². The van der Waals surface area contributed by atoms with Crippen LogP contribution in [0.3, 0.4) is 0 Å². The Hall–Kier alpha value is -1.29. The minimum Gasteiger partial charge on any atom is -0.478 e. The number of thiophene rings is 1. The molecule has 1 N–H and O–H groups in total. The highest BCUT2D eigenvalue weighted by Crippen LogP contribution is 2.30. The van der Waals surface area contributed by atoms with E-state index in [4.69, 9.17) is 23.2 Å². The van der Waals surface area contributed by atoms with Crippen molar-refractivity contribution in [3.8, 4) is 0 Å². The molecule has 2 rings (SSSR count). The van der Waals surface area contributed by atoms with Crippen molar-refractivity contribution in [1.82, 2.24) is 0 Å². The van der Waals surface area contributed by atoms with Crippen LogP contribution in [0.5, 0.6) is 0 Å². The van der Waals surface area contributed by atoms with E-state index in [1.165, 1.54) is 11.3 Å². The normalized spacial score (nSPS) is 11.6. The molecule has 0 saturated heterocycles. The van der Waals surface area contributed by atoms with Crippen LogP contribution in [0, 0.1) is 0 Å². The summed E-state index contributed by atoms with van der Waals surface area (Å²) in [5.41, 5.74) is 0.848. The van der Waals surface area contributed by atoms with E-state index >= 15 is 0 Å². The Labute approximate surface area is 118 Å². The van der Waals surface area contributed by atoms with E-state index in [2.05, 4.69) is 0 Å². The molecule has 0 saturated carbocycles. The van der Waals surface area contributed by atoms with Crippen LogP contribution >= 0.6 is 34.5 Å². The summed E-state index contributed by atoms with van der Waals surface area (Å²) < 4.78 is 0.552. The summed E-state index contributed by atoms with van der Waals surface area (Å²) in [5, 5.41) is 9.75. The number of aliphatic carboxylic acids is 1. The predicted octanol–water partition coefficient (Wildman–Crippen LogP) is 4.68. The lowest BCUT2D eigenvalue weighted by Crippen LogP contribution is -1.97. The van der Waals surface area contributed by atoms with Gasteiger partial charge in [0.1, 0.15) is 0 Å². The SMILES string of the molecule is O=C(O)/C(=C\c1ccccc1Cl)c1ccc(Cl)s1. The number of benzene rings is 1. The molecule has 2 aromatic rings. The van der Waals surface area contributed by atoms with Crippen LogP contribution in [0.2, 0.25) is 9.36 Å². The first-order chi connectivity index (χ1) is 8.58. The molecule has 18 heavy (non-hydrogen) atoms. The molecular formula is C13H8Cl2O2S. The molecule has 0 bridgehead atoms. The molecule has 1 aromatic carbocycles. The second-order valence-corrected chi connectivity index (χ2v) is 5.61. The number of rotatable bonds is 3. The van der Waals surface area contributed by atoms with E-state index in [9.17, 15) is 9.90 Å². The van der Waals surface area contributed by atoms with E-state index in [-0.39, 0.29) is 5.57 Å². The smallest absolute Gasteiger partial charge is 0.337 e. The van der Waals surface area contributed by atoms with Gasteiger partial charge in [-0.2, -0.15) is 0 Å². The lowest BCUT2D eigenvalue weighted by molar-refractivity contribution is -0.130. The highest BCUT2D eigenvalue weighted by molar-refractivity contribution is 7.17.